The van der Waals surface area contributed by atoms with Gasteiger partial charge in [-0.05, 0) is 43.5 Å². The Morgan fingerprint density at radius 3 is 2.77 bits per heavy atom. The van der Waals surface area contributed by atoms with Crippen molar-refractivity contribution in [1.82, 2.24) is 15.1 Å². The summed E-state index contributed by atoms with van der Waals surface area (Å²) in [4.78, 5) is 14.3. The highest BCUT2D eigenvalue weighted by atomic mass is 32.2. The van der Waals surface area contributed by atoms with Crippen LogP contribution in [-0.2, 0) is 20.8 Å². The van der Waals surface area contributed by atoms with Gasteiger partial charge >= 0.3 is 0 Å². The summed E-state index contributed by atoms with van der Waals surface area (Å²) in [6.07, 6.45) is 3.11. The SMILES string of the molecule is COCCCn1nccc1[C@H]1OCC[C@@H]1C(=O)NC(C)c1ccc(SC(C)C)cc1. The Kier molecular flexibility index (Phi) is 8.36. The van der Waals surface area contributed by atoms with Gasteiger partial charge in [-0.1, -0.05) is 26.0 Å². The number of amides is 1. The fraction of sp³-hybridized carbons (Fsp3) is 0.565. The number of thioether (sulfide) groups is 1. The molecule has 1 aromatic carbocycles. The molecule has 1 fully saturated rings. The minimum absolute atomic E-state index is 0.0373. The molecular formula is C23H33N3O3S. The molecule has 0 aliphatic carbocycles. The van der Waals surface area contributed by atoms with Gasteiger partial charge in [0.2, 0.25) is 5.91 Å². The molecule has 3 rings (SSSR count). The monoisotopic (exact) mass is 431 g/mol. The van der Waals surface area contributed by atoms with Crippen molar-refractivity contribution >= 4 is 17.7 Å². The number of carbonyl (C=O) groups excluding carboxylic acids is 1. The fourth-order valence-corrected chi connectivity index (χ4v) is 4.63. The molecule has 3 atom stereocenters. The second-order valence-electron chi connectivity index (χ2n) is 7.98. The Morgan fingerprint density at radius 1 is 1.30 bits per heavy atom. The van der Waals surface area contributed by atoms with Crippen LogP contribution in [0.2, 0.25) is 0 Å². The highest BCUT2D eigenvalue weighted by molar-refractivity contribution is 7.99. The molecule has 164 valence electrons. The third kappa shape index (κ3) is 5.86. The predicted molar refractivity (Wildman–Crippen MR) is 120 cm³/mol. The Balaban J connectivity index is 1.62. The summed E-state index contributed by atoms with van der Waals surface area (Å²) >= 11 is 1.84. The molecule has 6 nitrogen and oxygen atoms in total. The van der Waals surface area contributed by atoms with E-state index in [1.54, 1.807) is 13.3 Å². The lowest BCUT2D eigenvalue weighted by Crippen LogP contribution is -2.34. The van der Waals surface area contributed by atoms with Gasteiger partial charge < -0.3 is 14.8 Å². The van der Waals surface area contributed by atoms with Gasteiger partial charge in [0.25, 0.3) is 0 Å². The number of nitrogens with one attached hydrogen (secondary N) is 1. The van der Waals surface area contributed by atoms with Crippen molar-refractivity contribution in [2.75, 3.05) is 20.3 Å². The Labute approximate surface area is 183 Å². The second-order valence-corrected chi connectivity index (χ2v) is 9.63. The highest BCUT2D eigenvalue weighted by Crippen LogP contribution is 2.35. The summed E-state index contributed by atoms with van der Waals surface area (Å²) in [5.41, 5.74) is 2.07. The summed E-state index contributed by atoms with van der Waals surface area (Å²) in [6.45, 7) is 8.42. The van der Waals surface area contributed by atoms with Crippen LogP contribution in [0.15, 0.2) is 41.4 Å². The molecule has 7 heteroatoms. The standard InChI is InChI=1S/C23H33N3O3S/c1-16(2)30-19-8-6-18(7-9-19)17(3)25-23(27)20-11-15-29-22(20)21-10-12-24-26(21)13-5-14-28-4/h6-10,12,16-17,20,22H,5,11,13-15H2,1-4H3,(H,25,27)/t17?,20-,22-/m0/s1. The Hall–Kier alpha value is -1.83. The molecule has 2 heterocycles. The zero-order valence-corrected chi connectivity index (χ0v) is 19.2. The molecule has 1 N–H and O–H groups in total. The zero-order chi connectivity index (χ0) is 21.5. The van der Waals surface area contributed by atoms with Gasteiger partial charge in [0.1, 0.15) is 6.10 Å². The molecule has 1 unspecified atom stereocenters. The molecule has 0 bridgehead atoms. The average Bonchev–Trinajstić information content (AvgIpc) is 3.37. The topological polar surface area (TPSA) is 65.4 Å². The molecule has 1 aliphatic heterocycles. The molecule has 1 aromatic heterocycles. The molecule has 0 spiro atoms. The molecule has 0 saturated carbocycles. The lowest BCUT2D eigenvalue weighted by molar-refractivity contribution is -0.127. The zero-order valence-electron chi connectivity index (χ0n) is 18.3. The maximum absolute atomic E-state index is 13.1. The summed E-state index contributed by atoms with van der Waals surface area (Å²) in [5, 5.41) is 8.15. The van der Waals surface area contributed by atoms with Crippen molar-refractivity contribution in [3.05, 3.63) is 47.8 Å². The van der Waals surface area contributed by atoms with Gasteiger partial charge in [-0.15, -0.1) is 11.8 Å². The number of aryl methyl sites for hydroxylation is 1. The van der Waals surface area contributed by atoms with Crippen LogP contribution in [-0.4, -0.2) is 41.3 Å². The third-order valence-electron chi connectivity index (χ3n) is 5.30. The van der Waals surface area contributed by atoms with Crippen LogP contribution in [0.25, 0.3) is 0 Å². The van der Waals surface area contributed by atoms with E-state index in [1.165, 1.54) is 4.90 Å². The van der Waals surface area contributed by atoms with E-state index >= 15 is 0 Å². The predicted octanol–water partition coefficient (Wildman–Crippen LogP) is 4.38. The van der Waals surface area contributed by atoms with Crippen molar-refractivity contribution in [3.63, 3.8) is 0 Å². The summed E-state index contributed by atoms with van der Waals surface area (Å²) in [5.74, 6) is -0.170. The van der Waals surface area contributed by atoms with Gasteiger partial charge in [-0.2, -0.15) is 5.10 Å². The first-order valence-corrected chi connectivity index (χ1v) is 11.6. The largest absolute Gasteiger partial charge is 0.385 e. The number of nitrogens with zero attached hydrogens (tertiary/aromatic N) is 2. The van der Waals surface area contributed by atoms with Crippen molar-refractivity contribution in [3.8, 4) is 0 Å². The van der Waals surface area contributed by atoms with Crippen molar-refractivity contribution in [1.29, 1.82) is 0 Å². The summed E-state index contributed by atoms with van der Waals surface area (Å²) in [6, 6.07) is 10.4. The first-order valence-electron chi connectivity index (χ1n) is 10.7. The summed E-state index contributed by atoms with van der Waals surface area (Å²) in [7, 11) is 1.70. The average molecular weight is 432 g/mol. The molecule has 1 amide bonds. The molecular weight excluding hydrogens is 398 g/mol. The molecule has 1 saturated heterocycles. The van der Waals surface area contributed by atoms with Gasteiger partial charge in [-0.3, -0.25) is 9.48 Å². The van der Waals surface area contributed by atoms with E-state index < -0.39 is 0 Å². The maximum Gasteiger partial charge on any atom is 0.226 e. The normalized spacial score (nSPS) is 19.9. The van der Waals surface area contributed by atoms with Gasteiger partial charge in [0.15, 0.2) is 0 Å². The number of benzene rings is 1. The van der Waals surface area contributed by atoms with Crippen LogP contribution in [0.4, 0.5) is 0 Å². The minimum Gasteiger partial charge on any atom is -0.385 e. The molecule has 1 aliphatic rings. The smallest absolute Gasteiger partial charge is 0.226 e. The first-order chi connectivity index (χ1) is 14.5. The van der Waals surface area contributed by atoms with Crippen LogP contribution < -0.4 is 5.32 Å². The van der Waals surface area contributed by atoms with E-state index in [0.717, 1.165) is 30.6 Å². The number of rotatable bonds is 10. The number of methoxy groups -OCH3 is 1. The summed E-state index contributed by atoms with van der Waals surface area (Å²) < 4.78 is 13.0. The quantitative estimate of drug-likeness (QED) is 0.447. The van der Waals surface area contributed by atoms with E-state index in [2.05, 4.69) is 48.5 Å². The second kappa shape index (κ2) is 11.0. The Morgan fingerprint density at radius 2 is 2.07 bits per heavy atom. The number of hydrogen-bond acceptors (Lipinski definition) is 5. The van der Waals surface area contributed by atoms with E-state index in [9.17, 15) is 4.79 Å². The van der Waals surface area contributed by atoms with Crippen molar-refractivity contribution in [2.24, 2.45) is 5.92 Å². The third-order valence-corrected chi connectivity index (χ3v) is 6.31. The van der Waals surface area contributed by atoms with Gasteiger partial charge in [0.05, 0.1) is 17.7 Å². The number of ether oxygens (including phenoxy) is 2. The highest BCUT2D eigenvalue weighted by Gasteiger charge is 2.37. The van der Waals surface area contributed by atoms with Crippen molar-refractivity contribution in [2.45, 2.75) is 62.4 Å². The van der Waals surface area contributed by atoms with Gasteiger partial charge in [0, 0.05) is 43.2 Å². The number of carbonyl (C=O) groups is 1. The lowest BCUT2D eigenvalue weighted by atomic mass is 9.97. The molecule has 2 aromatic rings. The van der Waals surface area contributed by atoms with Crippen LogP contribution in [0.1, 0.15) is 57.0 Å². The van der Waals surface area contributed by atoms with Crippen LogP contribution in [0.3, 0.4) is 0 Å². The van der Waals surface area contributed by atoms with E-state index in [4.69, 9.17) is 9.47 Å². The van der Waals surface area contributed by atoms with Crippen LogP contribution >= 0.6 is 11.8 Å². The minimum atomic E-state index is -0.257. The number of aromatic nitrogens is 2. The van der Waals surface area contributed by atoms with Crippen molar-refractivity contribution < 1.29 is 14.3 Å². The molecule has 0 radical (unpaired) electrons. The maximum atomic E-state index is 13.1. The Bertz CT molecular complexity index is 806. The number of hydrogen-bond donors (Lipinski definition) is 1. The van der Waals surface area contributed by atoms with E-state index in [-0.39, 0.29) is 24.0 Å². The first kappa shape index (κ1) is 22.8. The fourth-order valence-electron chi connectivity index (χ4n) is 3.79. The van der Waals surface area contributed by atoms with Crippen LogP contribution in [0, 0.1) is 5.92 Å². The lowest BCUT2D eigenvalue weighted by Gasteiger charge is -2.22. The van der Waals surface area contributed by atoms with E-state index in [0.29, 0.717) is 18.5 Å². The van der Waals surface area contributed by atoms with E-state index in [1.807, 2.05) is 29.4 Å². The molecule has 30 heavy (non-hydrogen) atoms. The van der Waals surface area contributed by atoms with Crippen LogP contribution in [0.5, 0.6) is 0 Å². The van der Waals surface area contributed by atoms with Gasteiger partial charge in [-0.25, -0.2) is 0 Å².